The number of likely N-dealkylation sites (tertiary alicyclic amines) is 1. The third-order valence-electron chi connectivity index (χ3n) is 5.02. The molecule has 1 saturated carbocycles. The first-order chi connectivity index (χ1) is 12.1. The van der Waals surface area contributed by atoms with E-state index in [1.165, 1.54) is 12.0 Å². The Morgan fingerprint density at radius 2 is 1.52 bits per heavy atom. The molecule has 2 aliphatic rings. The summed E-state index contributed by atoms with van der Waals surface area (Å²) in [6.45, 7) is 0.333. The van der Waals surface area contributed by atoms with Crippen LogP contribution in [-0.2, 0) is 20.9 Å². The molecule has 0 bridgehead atoms. The van der Waals surface area contributed by atoms with Gasteiger partial charge in [-0.05, 0) is 23.3 Å². The normalized spacial score (nSPS) is 24.2. The van der Waals surface area contributed by atoms with Crippen LogP contribution in [0.1, 0.15) is 27.4 Å². The average molecular weight is 335 g/mol. The van der Waals surface area contributed by atoms with Crippen molar-refractivity contribution in [3.63, 3.8) is 0 Å². The highest BCUT2D eigenvalue weighted by molar-refractivity contribution is 6.10. The van der Waals surface area contributed by atoms with Gasteiger partial charge in [-0.1, -0.05) is 42.5 Å². The maximum Gasteiger partial charge on any atom is 0.337 e. The Morgan fingerprint density at radius 3 is 2.08 bits per heavy atom. The maximum atomic E-state index is 12.6. The van der Waals surface area contributed by atoms with E-state index in [0.717, 1.165) is 11.1 Å². The van der Waals surface area contributed by atoms with Gasteiger partial charge in [-0.15, -0.1) is 0 Å². The molecule has 1 aliphatic heterocycles. The molecule has 1 unspecified atom stereocenters. The second-order valence-electron chi connectivity index (χ2n) is 6.44. The summed E-state index contributed by atoms with van der Waals surface area (Å²) < 4.78 is 4.68. The van der Waals surface area contributed by atoms with Crippen molar-refractivity contribution in [3.8, 4) is 0 Å². The number of piperidine rings is 1. The molecule has 2 amide bonds. The van der Waals surface area contributed by atoms with Crippen molar-refractivity contribution in [2.45, 2.75) is 12.5 Å². The van der Waals surface area contributed by atoms with E-state index in [1.807, 2.05) is 30.3 Å². The van der Waals surface area contributed by atoms with E-state index in [1.54, 1.807) is 24.3 Å². The first-order valence-electron chi connectivity index (χ1n) is 8.19. The quantitative estimate of drug-likeness (QED) is 0.636. The van der Waals surface area contributed by atoms with E-state index in [4.69, 9.17) is 0 Å². The molecule has 126 valence electrons. The van der Waals surface area contributed by atoms with Gasteiger partial charge in [0.25, 0.3) is 0 Å². The maximum absolute atomic E-state index is 12.6. The lowest BCUT2D eigenvalue weighted by Gasteiger charge is -2.18. The monoisotopic (exact) mass is 335 g/mol. The van der Waals surface area contributed by atoms with Gasteiger partial charge in [0.15, 0.2) is 0 Å². The predicted molar refractivity (Wildman–Crippen MR) is 89.5 cm³/mol. The predicted octanol–water partition coefficient (Wildman–Crippen LogP) is 2.37. The van der Waals surface area contributed by atoms with Gasteiger partial charge >= 0.3 is 5.97 Å². The first kappa shape index (κ1) is 15.6. The van der Waals surface area contributed by atoms with Crippen molar-refractivity contribution < 1.29 is 19.1 Å². The average Bonchev–Trinajstić information content (AvgIpc) is 3.35. The summed E-state index contributed by atoms with van der Waals surface area (Å²) in [5, 5.41) is 0. The standard InChI is InChI=1S/C20H17NO4/c1-25-20(24)14-9-7-13(8-10-14)15-16-17(15)19(23)21(18(16)22)11-12-5-3-2-4-6-12/h2-10,15-17H,11H2,1H3/t15?,16-,17+. The van der Waals surface area contributed by atoms with Crippen LogP contribution in [-0.4, -0.2) is 29.8 Å². The van der Waals surface area contributed by atoms with Gasteiger partial charge in [-0.3, -0.25) is 14.5 Å². The van der Waals surface area contributed by atoms with Crippen LogP contribution in [0, 0.1) is 11.8 Å². The molecule has 2 fully saturated rings. The van der Waals surface area contributed by atoms with Crippen LogP contribution >= 0.6 is 0 Å². The molecule has 25 heavy (non-hydrogen) atoms. The first-order valence-corrected chi connectivity index (χ1v) is 8.19. The summed E-state index contributed by atoms with van der Waals surface area (Å²) >= 11 is 0. The highest BCUT2D eigenvalue weighted by Gasteiger charge is 2.67. The van der Waals surface area contributed by atoms with Crippen LogP contribution in [0.25, 0.3) is 0 Å². The molecular formula is C20H17NO4. The zero-order valence-electron chi connectivity index (χ0n) is 13.7. The van der Waals surface area contributed by atoms with Gasteiger partial charge in [0.2, 0.25) is 11.8 Å². The number of methoxy groups -OCH3 is 1. The fourth-order valence-electron chi connectivity index (χ4n) is 3.69. The third-order valence-corrected chi connectivity index (χ3v) is 5.02. The molecule has 1 aliphatic carbocycles. The molecule has 4 rings (SSSR count). The minimum Gasteiger partial charge on any atom is -0.465 e. The Balaban J connectivity index is 1.48. The van der Waals surface area contributed by atoms with Crippen LogP contribution < -0.4 is 0 Å². The summed E-state index contributed by atoms with van der Waals surface area (Å²) in [7, 11) is 1.33. The van der Waals surface area contributed by atoms with Gasteiger partial charge in [-0.2, -0.15) is 0 Å². The number of esters is 1. The minimum absolute atomic E-state index is 0.0706. The Hall–Kier alpha value is -2.95. The Morgan fingerprint density at radius 1 is 0.920 bits per heavy atom. The van der Waals surface area contributed by atoms with E-state index in [2.05, 4.69) is 4.74 Å². The van der Waals surface area contributed by atoms with Crippen LogP contribution in [0.2, 0.25) is 0 Å². The van der Waals surface area contributed by atoms with E-state index >= 15 is 0 Å². The molecule has 0 radical (unpaired) electrons. The summed E-state index contributed by atoms with van der Waals surface area (Å²) in [6.07, 6.45) is 0. The largest absolute Gasteiger partial charge is 0.465 e. The number of amides is 2. The number of hydrogen-bond acceptors (Lipinski definition) is 4. The molecule has 3 atom stereocenters. The molecule has 1 saturated heterocycles. The van der Waals surface area contributed by atoms with Gasteiger partial charge in [0, 0.05) is 5.92 Å². The smallest absolute Gasteiger partial charge is 0.337 e. The van der Waals surface area contributed by atoms with Crippen molar-refractivity contribution in [2.24, 2.45) is 11.8 Å². The van der Waals surface area contributed by atoms with Crippen molar-refractivity contribution >= 4 is 17.8 Å². The highest BCUT2D eigenvalue weighted by Crippen LogP contribution is 2.59. The van der Waals surface area contributed by atoms with Crippen molar-refractivity contribution in [1.29, 1.82) is 0 Å². The van der Waals surface area contributed by atoms with E-state index < -0.39 is 5.97 Å². The number of carbonyl (C=O) groups is 3. The lowest BCUT2D eigenvalue weighted by atomic mass is 10.0. The van der Waals surface area contributed by atoms with Crippen molar-refractivity contribution in [1.82, 2.24) is 4.90 Å². The Bertz CT molecular complexity index is 822. The third kappa shape index (κ3) is 2.52. The van der Waals surface area contributed by atoms with E-state index in [-0.39, 0.29) is 29.6 Å². The van der Waals surface area contributed by atoms with Crippen molar-refractivity contribution in [2.75, 3.05) is 7.11 Å². The number of carbonyl (C=O) groups excluding carboxylic acids is 3. The molecule has 2 aromatic carbocycles. The van der Waals surface area contributed by atoms with Gasteiger partial charge in [0.1, 0.15) is 0 Å². The molecule has 2 aromatic rings. The number of hydrogen-bond donors (Lipinski definition) is 0. The lowest BCUT2D eigenvalue weighted by molar-refractivity contribution is -0.142. The highest BCUT2D eigenvalue weighted by atomic mass is 16.5. The second-order valence-corrected chi connectivity index (χ2v) is 6.44. The SMILES string of the molecule is COC(=O)c1ccc(C2[C@H]3C(=O)N(Cc4ccccc4)C(=O)[C@@H]23)cc1. The topological polar surface area (TPSA) is 63.7 Å². The second kappa shape index (κ2) is 5.84. The van der Waals surface area contributed by atoms with Gasteiger partial charge in [-0.25, -0.2) is 4.79 Å². The molecule has 5 heteroatoms. The van der Waals surface area contributed by atoms with Crippen LogP contribution in [0.4, 0.5) is 0 Å². The lowest BCUT2D eigenvalue weighted by Crippen LogP contribution is -2.33. The summed E-state index contributed by atoms with van der Waals surface area (Å²) in [4.78, 5) is 38.1. The number of rotatable bonds is 4. The summed E-state index contributed by atoms with van der Waals surface area (Å²) in [6, 6.07) is 16.5. The zero-order chi connectivity index (χ0) is 17.6. The molecule has 5 nitrogen and oxygen atoms in total. The molecule has 0 aromatic heterocycles. The van der Waals surface area contributed by atoms with Crippen LogP contribution in [0.15, 0.2) is 54.6 Å². The number of ether oxygens (including phenoxy) is 1. The minimum atomic E-state index is -0.399. The zero-order valence-corrected chi connectivity index (χ0v) is 13.7. The van der Waals surface area contributed by atoms with Crippen molar-refractivity contribution in [3.05, 3.63) is 71.3 Å². The van der Waals surface area contributed by atoms with Gasteiger partial charge in [0.05, 0.1) is 31.1 Å². The molecular weight excluding hydrogens is 318 g/mol. The summed E-state index contributed by atoms with van der Waals surface area (Å²) in [5.41, 5.74) is 2.33. The van der Waals surface area contributed by atoms with Crippen LogP contribution in [0.3, 0.4) is 0 Å². The number of benzene rings is 2. The number of nitrogens with zero attached hydrogens (tertiary/aromatic N) is 1. The molecule has 1 heterocycles. The Kier molecular flexibility index (Phi) is 3.64. The fourth-order valence-corrected chi connectivity index (χ4v) is 3.69. The molecule has 0 N–H and O–H groups in total. The van der Waals surface area contributed by atoms with E-state index in [0.29, 0.717) is 12.1 Å². The van der Waals surface area contributed by atoms with Crippen LogP contribution in [0.5, 0.6) is 0 Å². The summed E-state index contributed by atoms with van der Waals surface area (Å²) in [5.74, 6) is -1.19. The number of imide groups is 1. The van der Waals surface area contributed by atoms with E-state index in [9.17, 15) is 14.4 Å². The molecule has 0 spiro atoms. The van der Waals surface area contributed by atoms with Gasteiger partial charge < -0.3 is 4.74 Å². The Labute approximate surface area is 145 Å². The number of fused-ring (bicyclic) bond motifs is 1. The fraction of sp³-hybridized carbons (Fsp3) is 0.250.